The van der Waals surface area contributed by atoms with Gasteiger partial charge in [-0.05, 0) is 12.1 Å². The van der Waals surface area contributed by atoms with Gasteiger partial charge in [-0.15, -0.1) is 12.6 Å². The summed E-state index contributed by atoms with van der Waals surface area (Å²) >= 11 is 4.95. The van der Waals surface area contributed by atoms with Crippen LogP contribution in [-0.2, 0) is 9.37 Å². The molecule has 0 spiro atoms. The Bertz CT molecular complexity index is 234. The number of benzene rings is 1. The molecule has 0 aliphatic heterocycles. The maximum Gasteiger partial charge on any atom is 1.00 e. The Kier molecular flexibility index (Phi) is 7.71. The predicted molar refractivity (Wildman–Crippen MR) is 41.7 cm³/mol. The molecule has 0 saturated carbocycles. The van der Waals surface area contributed by atoms with Crippen LogP contribution in [-0.4, -0.2) is 0 Å². The molecule has 12 heavy (non-hydrogen) atoms. The third-order valence-corrected chi connectivity index (χ3v) is 2.22. The van der Waals surface area contributed by atoms with Crippen molar-refractivity contribution in [2.24, 2.45) is 0 Å². The fraction of sp³-hybridized carbons (Fsp3) is 0. The van der Waals surface area contributed by atoms with E-state index in [9.17, 15) is 5.26 Å². The van der Waals surface area contributed by atoms with Gasteiger partial charge in [0.1, 0.15) is 0 Å². The largest absolute Gasteiger partial charge is 1.00 e. The first-order chi connectivity index (χ1) is 5.34. The number of hydrogen-bond acceptors (Lipinski definition) is 5. The van der Waals surface area contributed by atoms with E-state index in [2.05, 4.69) is 22.0 Å². The van der Waals surface area contributed by atoms with Gasteiger partial charge in [-0.25, -0.2) is 0 Å². The maximum atomic E-state index is 9.45. The molecular weight excluding hydrogens is 207 g/mol. The van der Waals surface area contributed by atoms with Crippen molar-refractivity contribution in [3.8, 4) is 0 Å². The first-order valence-electron chi connectivity index (χ1n) is 2.76. The molecule has 0 atom stereocenters. The fourth-order valence-electron chi connectivity index (χ4n) is 0.578. The summed E-state index contributed by atoms with van der Waals surface area (Å²) in [5.41, 5.74) is 0. The standard InChI is InChI=1S/C6H6O3S2.Na/c7-8-9-11-6-4-2-1-3-5(6)10;/h1-4,7,10H;/q;+1/p-1. The van der Waals surface area contributed by atoms with Crippen LogP contribution in [0.2, 0.25) is 0 Å². The van der Waals surface area contributed by atoms with Gasteiger partial charge in [-0.1, -0.05) is 12.1 Å². The molecule has 0 fully saturated rings. The number of thiol groups is 1. The van der Waals surface area contributed by atoms with Crippen LogP contribution in [0, 0.1) is 0 Å². The smallest absolute Gasteiger partial charge is 0.691 e. The van der Waals surface area contributed by atoms with Crippen LogP contribution in [0.15, 0.2) is 34.1 Å². The van der Waals surface area contributed by atoms with Gasteiger partial charge in [0, 0.05) is 4.90 Å². The molecule has 1 aromatic carbocycles. The summed E-state index contributed by atoms with van der Waals surface area (Å²) in [7, 11) is 0. The van der Waals surface area contributed by atoms with E-state index in [1.54, 1.807) is 12.1 Å². The van der Waals surface area contributed by atoms with Crippen LogP contribution in [0.5, 0.6) is 0 Å². The zero-order valence-electron chi connectivity index (χ0n) is 6.39. The average Bonchev–Trinajstić information content (AvgIpc) is 2.03. The molecule has 0 radical (unpaired) electrons. The van der Waals surface area contributed by atoms with Crippen molar-refractivity contribution in [1.29, 1.82) is 0 Å². The van der Waals surface area contributed by atoms with E-state index in [-0.39, 0.29) is 29.6 Å². The Hall–Kier alpha value is 0.800. The van der Waals surface area contributed by atoms with Crippen molar-refractivity contribution >= 4 is 24.7 Å². The van der Waals surface area contributed by atoms with Gasteiger partial charge in [0.25, 0.3) is 0 Å². The summed E-state index contributed by atoms with van der Waals surface area (Å²) < 4.78 is 4.11. The zero-order chi connectivity index (χ0) is 8.10. The van der Waals surface area contributed by atoms with Crippen LogP contribution in [0.1, 0.15) is 0 Å². The summed E-state index contributed by atoms with van der Waals surface area (Å²) in [6, 6.07) is 7.21. The van der Waals surface area contributed by atoms with Crippen LogP contribution in [0.3, 0.4) is 0 Å². The van der Waals surface area contributed by atoms with Gasteiger partial charge in [0.15, 0.2) is 0 Å². The Morgan fingerprint density at radius 1 is 1.33 bits per heavy atom. The Morgan fingerprint density at radius 2 is 2.00 bits per heavy atom. The van der Waals surface area contributed by atoms with Gasteiger partial charge in [0.05, 0.1) is 16.9 Å². The molecule has 0 N–H and O–H groups in total. The molecule has 60 valence electrons. The number of rotatable bonds is 3. The average molecular weight is 212 g/mol. The fourth-order valence-corrected chi connectivity index (χ4v) is 1.24. The minimum absolute atomic E-state index is 0. The second kappa shape index (κ2) is 7.23. The van der Waals surface area contributed by atoms with Gasteiger partial charge >= 0.3 is 29.6 Å². The minimum atomic E-state index is 0. The molecule has 0 aliphatic carbocycles. The molecule has 6 heteroatoms. The van der Waals surface area contributed by atoms with E-state index < -0.39 is 0 Å². The molecule has 1 aromatic rings. The summed E-state index contributed by atoms with van der Waals surface area (Å²) in [5.74, 6) is 0. The van der Waals surface area contributed by atoms with Crippen molar-refractivity contribution in [1.82, 2.24) is 0 Å². The van der Waals surface area contributed by atoms with Crippen molar-refractivity contribution in [2.45, 2.75) is 9.79 Å². The SMILES string of the molecule is [Na+].[O-]OOSc1ccccc1S. The summed E-state index contributed by atoms with van der Waals surface area (Å²) in [6.07, 6.45) is 0. The molecule has 0 aromatic heterocycles. The molecule has 0 saturated heterocycles. The van der Waals surface area contributed by atoms with Gasteiger partial charge in [-0.3, -0.25) is 5.04 Å². The van der Waals surface area contributed by atoms with E-state index in [0.717, 1.165) is 21.8 Å². The first-order valence-corrected chi connectivity index (χ1v) is 3.94. The Morgan fingerprint density at radius 3 is 2.58 bits per heavy atom. The van der Waals surface area contributed by atoms with Crippen LogP contribution in [0.4, 0.5) is 0 Å². The molecule has 0 heterocycles. The van der Waals surface area contributed by atoms with Gasteiger partial charge in [-0.2, -0.15) is 4.33 Å². The van der Waals surface area contributed by atoms with Crippen molar-refractivity contribution in [2.75, 3.05) is 0 Å². The van der Waals surface area contributed by atoms with E-state index in [4.69, 9.17) is 0 Å². The molecular formula is C6H5NaO3S2. The second-order valence-electron chi connectivity index (χ2n) is 1.69. The predicted octanol–water partition coefficient (Wildman–Crippen LogP) is -1.79. The molecule has 0 amide bonds. The van der Waals surface area contributed by atoms with Crippen molar-refractivity contribution in [3.63, 3.8) is 0 Å². The monoisotopic (exact) mass is 212 g/mol. The second-order valence-corrected chi connectivity index (χ2v) is 2.91. The molecule has 3 nitrogen and oxygen atoms in total. The van der Waals surface area contributed by atoms with E-state index in [1.165, 1.54) is 0 Å². The summed E-state index contributed by atoms with van der Waals surface area (Å²) in [6.45, 7) is 0. The van der Waals surface area contributed by atoms with Crippen LogP contribution >= 0.6 is 24.7 Å². The van der Waals surface area contributed by atoms with E-state index in [0.29, 0.717) is 0 Å². The first kappa shape index (κ1) is 12.8. The normalized spacial score (nSPS) is 9.17. The third-order valence-electron chi connectivity index (χ3n) is 1.02. The maximum absolute atomic E-state index is 9.45. The zero-order valence-corrected chi connectivity index (χ0v) is 10.1. The Balaban J connectivity index is 0.00000121. The number of hydrogen-bond donors (Lipinski definition) is 1. The minimum Gasteiger partial charge on any atom is -0.691 e. The topological polar surface area (TPSA) is 41.5 Å². The third kappa shape index (κ3) is 4.15. The summed E-state index contributed by atoms with van der Waals surface area (Å²) in [5, 5.41) is 12.6. The molecule has 1 rings (SSSR count). The van der Waals surface area contributed by atoms with Crippen molar-refractivity contribution in [3.05, 3.63) is 24.3 Å². The van der Waals surface area contributed by atoms with Crippen LogP contribution < -0.4 is 34.8 Å². The summed E-state index contributed by atoms with van der Waals surface area (Å²) in [4.78, 5) is 1.49. The molecule has 0 aliphatic rings. The van der Waals surface area contributed by atoms with E-state index in [1.807, 2.05) is 12.1 Å². The molecule has 0 unspecified atom stereocenters. The van der Waals surface area contributed by atoms with Crippen LogP contribution in [0.25, 0.3) is 0 Å². The Labute approximate surface area is 102 Å². The quantitative estimate of drug-likeness (QED) is 0.211. The van der Waals surface area contributed by atoms with Crippen molar-refractivity contribution < 1.29 is 44.2 Å². The van der Waals surface area contributed by atoms with Gasteiger partial charge < -0.3 is 5.26 Å². The van der Waals surface area contributed by atoms with E-state index >= 15 is 0 Å². The van der Waals surface area contributed by atoms with Gasteiger partial charge in [0.2, 0.25) is 0 Å². The molecule has 0 bridgehead atoms.